The lowest BCUT2D eigenvalue weighted by Crippen LogP contribution is -2.20. The minimum atomic E-state index is -0.549. The van der Waals surface area contributed by atoms with Gasteiger partial charge in [-0.25, -0.2) is 10.9 Å². The van der Waals surface area contributed by atoms with Crippen molar-refractivity contribution in [3.63, 3.8) is 0 Å². The van der Waals surface area contributed by atoms with Crippen LogP contribution in [0.15, 0.2) is 63.2 Å². The van der Waals surface area contributed by atoms with Gasteiger partial charge in [-0.1, -0.05) is 24.3 Å². The Hall–Kier alpha value is -4.00. The zero-order valence-electron chi connectivity index (χ0n) is 19.7. The van der Waals surface area contributed by atoms with Crippen LogP contribution in [0.25, 0.3) is 0 Å². The van der Waals surface area contributed by atoms with Crippen LogP contribution in [0.1, 0.15) is 68.3 Å². The summed E-state index contributed by atoms with van der Waals surface area (Å²) >= 11 is 0. The zero-order valence-corrected chi connectivity index (χ0v) is 19.7. The number of hydrogen-bond acceptors (Lipinski definition) is 5. The first-order valence-corrected chi connectivity index (χ1v) is 10.6. The molecule has 7 heteroatoms. The van der Waals surface area contributed by atoms with Crippen LogP contribution < -0.4 is 10.9 Å². The fourth-order valence-electron chi connectivity index (χ4n) is 3.02. The Morgan fingerprint density at radius 3 is 1.39 bits per heavy atom. The van der Waals surface area contributed by atoms with Crippen molar-refractivity contribution >= 4 is 23.2 Å². The Bertz CT molecular complexity index is 1170. The van der Waals surface area contributed by atoms with Crippen molar-refractivity contribution in [3.8, 4) is 0 Å². The van der Waals surface area contributed by atoms with E-state index in [0.717, 1.165) is 22.3 Å². The number of nitrogens with one attached hydrogen (secondary N) is 2. The van der Waals surface area contributed by atoms with Gasteiger partial charge in [0.2, 0.25) is 0 Å². The maximum Gasteiger partial charge on any atom is 0.307 e. The summed E-state index contributed by atoms with van der Waals surface area (Å²) in [6.45, 7) is 11.7. The summed E-state index contributed by atoms with van der Waals surface area (Å²) in [5.41, 5.74) is 12.7. The second-order valence-electron chi connectivity index (χ2n) is 8.04. The second-order valence-corrected chi connectivity index (χ2v) is 8.04. The van der Waals surface area contributed by atoms with E-state index in [0.29, 0.717) is 11.4 Å². The number of carbonyl (C=O) groups excluding carboxylic acids is 2. The van der Waals surface area contributed by atoms with Crippen LogP contribution in [0, 0.1) is 27.7 Å². The summed E-state index contributed by atoms with van der Waals surface area (Å²) in [6, 6.07) is 14.8. The predicted octanol–water partition coefficient (Wildman–Crippen LogP) is 4.82. The van der Waals surface area contributed by atoms with Gasteiger partial charge >= 0.3 is 11.8 Å². The number of hydrogen-bond donors (Lipinski definition) is 2. The molecule has 0 aliphatic heterocycles. The molecule has 2 amide bonds. The highest BCUT2D eigenvalue weighted by Gasteiger charge is 2.16. The van der Waals surface area contributed by atoms with Crippen molar-refractivity contribution in [2.45, 2.75) is 41.5 Å². The minimum Gasteiger partial charge on any atom is -0.446 e. The van der Waals surface area contributed by atoms with Crippen molar-refractivity contribution in [2.75, 3.05) is 0 Å². The molecule has 0 bridgehead atoms. The fraction of sp³-hybridized carbons (Fsp3) is 0.231. The molecule has 0 atom stereocenters. The summed E-state index contributed by atoms with van der Waals surface area (Å²) in [5, 5.41) is 8.27. The second kappa shape index (κ2) is 10.1. The quantitative estimate of drug-likeness (QED) is 0.421. The molecular formula is C26H28N4O3. The average Bonchev–Trinajstić information content (AvgIpc) is 3.29. The first-order chi connectivity index (χ1) is 15.7. The van der Waals surface area contributed by atoms with Gasteiger partial charge < -0.3 is 4.42 Å². The normalized spacial score (nSPS) is 11.9. The molecular weight excluding hydrogens is 416 g/mol. The highest BCUT2D eigenvalue weighted by Crippen LogP contribution is 2.12. The van der Waals surface area contributed by atoms with Crippen LogP contribution in [-0.2, 0) is 0 Å². The summed E-state index contributed by atoms with van der Waals surface area (Å²) in [6.07, 6.45) is 0. The number of aryl methyl sites for hydroxylation is 4. The van der Waals surface area contributed by atoms with Crippen LogP contribution in [0.5, 0.6) is 0 Å². The molecule has 170 valence electrons. The first-order valence-electron chi connectivity index (χ1n) is 10.6. The fourth-order valence-corrected chi connectivity index (χ4v) is 3.02. The van der Waals surface area contributed by atoms with Crippen LogP contribution in [-0.4, -0.2) is 23.2 Å². The number of furan rings is 1. The maximum absolute atomic E-state index is 12.4. The summed E-state index contributed by atoms with van der Waals surface area (Å²) in [7, 11) is 0. The maximum atomic E-state index is 12.4. The number of benzene rings is 2. The summed E-state index contributed by atoms with van der Waals surface area (Å²) in [5.74, 6) is -1.14. The van der Waals surface area contributed by atoms with Crippen LogP contribution in [0.2, 0.25) is 0 Å². The van der Waals surface area contributed by atoms with E-state index in [1.54, 1.807) is 13.8 Å². The third-order valence-corrected chi connectivity index (χ3v) is 5.55. The Kier molecular flexibility index (Phi) is 7.23. The van der Waals surface area contributed by atoms with Gasteiger partial charge in [-0.3, -0.25) is 9.59 Å². The number of rotatable bonds is 6. The van der Waals surface area contributed by atoms with Crippen LogP contribution in [0.3, 0.4) is 0 Å². The van der Waals surface area contributed by atoms with Gasteiger partial charge in [0, 0.05) is 0 Å². The van der Waals surface area contributed by atoms with Gasteiger partial charge in [0.25, 0.3) is 0 Å². The van der Waals surface area contributed by atoms with Gasteiger partial charge in [-0.15, -0.1) is 0 Å². The Labute approximate surface area is 193 Å². The average molecular weight is 445 g/mol. The number of hydrazone groups is 2. The molecule has 3 rings (SSSR count). The minimum absolute atomic E-state index is 0.0216. The lowest BCUT2D eigenvalue weighted by Gasteiger charge is -2.05. The molecule has 7 nitrogen and oxygen atoms in total. The van der Waals surface area contributed by atoms with Crippen molar-refractivity contribution in [2.24, 2.45) is 10.2 Å². The van der Waals surface area contributed by atoms with Gasteiger partial charge in [-0.05, 0) is 99.2 Å². The van der Waals surface area contributed by atoms with E-state index in [4.69, 9.17) is 4.42 Å². The highest BCUT2D eigenvalue weighted by molar-refractivity contribution is 6.02. The van der Waals surface area contributed by atoms with E-state index in [-0.39, 0.29) is 11.5 Å². The lowest BCUT2D eigenvalue weighted by molar-refractivity contribution is 0.0902. The van der Waals surface area contributed by atoms with Crippen LogP contribution >= 0.6 is 0 Å². The van der Waals surface area contributed by atoms with E-state index in [1.807, 2.05) is 64.1 Å². The monoisotopic (exact) mass is 444 g/mol. The highest BCUT2D eigenvalue weighted by atomic mass is 16.4. The molecule has 0 saturated heterocycles. The van der Waals surface area contributed by atoms with E-state index in [9.17, 15) is 9.59 Å². The molecule has 0 radical (unpaired) electrons. The SMILES string of the molecule is CC(=NNC(=O)c1ccc(C(=O)NN=C(C)c2ccc(C)c(C)c2)o1)c1ccc(C)c(C)c1. The Morgan fingerprint density at radius 1 is 0.636 bits per heavy atom. The Morgan fingerprint density at radius 2 is 1.03 bits per heavy atom. The molecule has 2 N–H and O–H groups in total. The predicted molar refractivity (Wildman–Crippen MR) is 130 cm³/mol. The Balaban J connectivity index is 1.63. The summed E-state index contributed by atoms with van der Waals surface area (Å²) in [4.78, 5) is 24.8. The molecule has 1 aromatic heterocycles. The van der Waals surface area contributed by atoms with Gasteiger partial charge in [0.15, 0.2) is 11.5 Å². The molecule has 3 aromatic rings. The van der Waals surface area contributed by atoms with E-state index in [2.05, 4.69) is 21.1 Å². The lowest BCUT2D eigenvalue weighted by atomic mass is 10.0. The topological polar surface area (TPSA) is 96.1 Å². The largest absolute Gasteiger partial charge is 0.446 e. The molecule has 2 aromatic carbocycles. The van der Waals surface area contributed by atoms with Crippen LogP contribution in [0.4, 0.5) is 0 Å². The molecule has 33 heavy (non-hydrogen) atoms. The molecule has 0 saturated carbocycles. The summed E-state index contributed by atoms with van der Waals surface area (Å²) < 4.78 is 5.39. The van der Waals surface area contributed by atoms with Gasteiger partial charge in [0.05, 0.1) is 11.4 Å². The van der Waals surface area contributed by atoms with Crippen molar-refractivity contribution in [3.05, 3.63) is 93.4 Å². The molecule has 0 aliphatic rings. The van der Waals surface area contributed by atoms with E-state index in [1.165, 1.54) is 23.3 Å². The van der Waals surface area contributed by atoms with Gasteiger partial charge in [0.1, 0.15) is 0 Å². The molecule has 0 unspecified atom stereocenters. The molecule has 0 fully saturated rings. The van der Waals surface area contributed by atoms with Gasteiger partial charge in [-0.2, -0.15) is 10.2 Å². The molecule has 0 spiro atoms. The van der Waals surface area contributed by atoms with E-state index < -0.39 is 11.8 Å². The third-order valence-electron chi connectivity index (χ3n) is 5.55. The van der Waals surface area contributed by atoms with Crippen molar-refractivity contribution in [1.29, 1.82) is 0 Å². The zero-order chi connectivity index (χ0) is 24.1. The standard InChI is InChI=1S/C26H28N4O3/c1-15-7-9-21(13-17(15)3)19(5)27-29-25(31)23-11-12-24(33-23)26(32)30-28-20(6)22-10-8-16(2)18(4)14-22/h7-14H,1-6H3,(H,29,31)(H,30,32). The third kappa shape index (κ3) is 5.83. The van der Waals surface area contributed by atoms with E-state index >= 15 is 0 Å². The number of carbonyl (C=O) groups is 2. The first kappa shape index (κ1) is 23.7. The number of amides is 2. The molecule has 0 aliphatic carbocycles. The molecule has 1 heterocycles. The van der Waals surface area contributed by atoms with Crippen molar-refractivity contribution in [1.82, 2.24) is 10.9 Å². The smallest absolute Gasteiger partial charge is 0.307 e. The number of nitrogens with zero attached hydrogens (tertiary/aromatic N) is 2. The van der Waals surface area contributed by atoms with Crippen molar-refractivity contribution < 1.29 is 14.0 Å².